The van der Waals surface area contributed by atoms with Crippen LogP contribution in [0.25, 0.3) is 0 Å². The average Bonchev–Trinajstić information content (AvgIpc) is 2.51. The molecule has 1 aromatic carbocycles. The van der Waals surface area contributed by atoms with Crippen molar-refractivity contribution in [2.75, 3.05) is 26.2 Å². The van der Waals surface area contributed by atoms with E-state index in [4.69, 9.17) is 4.99 Å². The fourth-order valence-corrected chi connectivity index (χ4v) is 3.64. The minimum Gasteiger partial charge on any atom is -0.338 e. The number of nitrogens with zero attached hydrogens (tertiary/aromatic N) is 4. The zero-order valence-electron chi connectivity index (χ0n) is 13.3. The number of nitrogens with one attached hydrogen (secondary N) is 1. The Labute approximate surface area is 140 Å². The van der Waals surface area contributed by atoms with E-state index in [2.05, 4.69) is 57.2 Å². The van der Waals surface area contributed by atoms with Gasteiger partial charge in [-0.3, -0.25) is 0 Å². The number of hydrogen-bond acceptors (Lipinski definition) is 5. The second kappa shape index (κ2) is 6.38. The van der Waals surface area contributed by atoms with Gasteiger partial charge in [0, 0.05) is 42.4 Å². The van der Waals surface area contributed by atoms with Crippen LogP contribution in [0.5, 0.6) is 0 Å². The largest absolute Gasteiger partial charge is 0.338 e. The smallest absolute Gasteiger partial charge is 0.223 e. The fourth-order valence-electron chi connectivity index (χ4n) is 3.05. The summed E-state index contributed by atoms with van der Waals surface area (Å²) >= 11 is 3.60. The van der Waals surface area contributed by atoms with Crippen molar-refractivity contribution < 1.29 is 0 Å². The van der Waals surface area contributed by atoms with Crippen LogP contribution in [0.1, 0.15) is 31.0 Å². The van der Waals surface area contributed by atoms with Crippen molar-refractivity contribution in [1.29, 1.82) is 0 Å². The third kappa shape index (κ3) is 2.77. The first kappa shape index (κ1) is 15.5. The Morgan fingerprint density at radius 1 is 1.36 bits per heavy atom. The Hall–Kier alpha value is -1.40. The summed E-state index contributed by atoms with van der Waals surface area (Å²) in [6.07, 6.45) is 1.84. The highest BCUT2D eigenvalue weighted by molar-refractivity contribution is 9.10. The molecule has 1 fully saturated rings. The first-order valence-corrected chi connectivity index (χ1v) is 8.53. The minimum absolute atomic E-state index is 0.171. The Bertz CT molecular complexity index is 619. The molecule has 5 nitrogen and oxygen atoms in total. The number of hydrazone groups is 1. The van der Waals surface area contributed by atoms with Gasteiger partial charge in [0.2, 0.25) is 5.96 Å². The molecule has 3 rings (SSSR count). The van der Waals surface area contributed by atoms with Crippen LogP contribution in [0.4, 0.5) is 5.69 Å². The van der Waals surface area contributed by atoms with E-state index in [0.29, 0.717) is 0 Å². The van der Waals surface area contributed by atoms with Gasteiger partial charge in [-0.05, 0) is 38.5 Å². The molecule has 118 valence electrons. The van der Waals surface area contributed by atoms with Crippen molar-refractivity contribution in [1.82, 2.24) is 15.2 Å². The summed E-state index contributed by atoms with van der Waals surface area (Å²) in [5.41, 5.74) is 3.51. The Morgan fingerprint density at radius 3 is 2.77 bits per heavy atom. The van der Waals surface area contributed by atoms with Gasteiger partial charge in [-0.15, -0.1) is 0 Å². The van der Waals surface area contributed by atoms with Crippen molar-refractivity contribution in [2.24, 2.45) is 10.1 Å². The van der Waals surface area contributed by atoms with Gasteiger partial charge in [0.15, 0.2) is 0 Å². The van der Waals surface area contributed by atoms with Crippen molar-refractivity contribution in [3.05, 3.63) is 27.7 Å². The Morgan fingerprint density at radius 2 is 2.09 bits per heavy atom. The molecule has 0 radical (unpaired) electrons. The lowest BCUT2D eigenvalue weighted by Gasteiger charge is -2.40. The van der Waals surface area contributed by atoms with E-state index in [1.165, 1.54) is 11.1 Å². The van der Waals surface area contributed by atoms with E-state index in [0.717, 1.165) is 42.3 Å². The number of piperazine rings is 1. The van der Waals surface area contributed by atoms with Crippen LogP contribution in [-0.4, -0.2) is 48.3 Å². The van der Waals surface area contributed by atoms with Gasteiger partial charge >= 0.3 is 0 Å². The van der Waals surface area contributed by atoms with Gasteiger partial charge in [-0.2, -0.15) is 5.10 Å². The minimum atomic E-state index is 0.171. The first-order chi connectivity index (χ1) is 10.6. The maximum Gasteiger partial charge on any atom is 0.223 e. The summed E-state index contributed by atoms with van der Waals surface area (Å²) in [7, 11) is 0. The van der Waals surface area contributed by atoms with Crippen LogP contribution < -0.4 is 5.32 Å². The second-order valence-corrected chi connectivity index (χ2v) is 6.62. The van der Waals surface area contributed by atoms with E-state index < -0.39 is 0 Å². The lowest BCUT2D eigenvalue weighted by molar-refractivity contribution is 0.258. The highest BCUT2D eigenvalue weighted by Crippen LogP contribution is 2.39. The van der Waals surface area contributed by atoms with E-state index in [-0.39, 0.29) is 6.04 Å². The molecular formula is C16H22BrN5. The molecule has 2 heterocycles. The van der Waals surface area contributed by atoms with Crippen molar-refractivity contribution in [3.8, 4) is 0 Å². The van der Waals surface area contributed by atoms with Crippen LogP contribution in [0, 0.1) is 6.92 Å². The van der Waals surface area contributed by atoms with Crippen LogP contribution in [0.2, 0.25) is 0 Å². The average molecular weight is 364 g/mol. The highest BCUT2D eigenvalue weighted by atomic mass is 79.9. The molecule has 0 aliphatic carbocycles. The van der Waals surface area contributed by atoms with Crippen LogP contribution in [0.15, 0.2) is 26.7 Å². The number of rotatable bonds is 1. The SMILES string of the molecule is C/C=N\N1C(N2CCNCC2)=Nc2c(C)cc(Br)cc2C1C. The zero-order valence-corrected chi connectivity index (χ0v) is 14.9. The van der Waals surface area contributed by atoms with Crippen molar-refractivity contribution >= 4 is 33.8 Å². The monoisotopic (exact) mass is 363 g/mol. The molecule has 1 aromatic rings. The number of halogens is 1. The third-order valence-electron chi connectivity index (χ3n) is 4.17. The first-order valence-electron chi connectivity index (χ1n) is 7.74. The molecule has 1 unspecified atom stereocenters. The molecule has 0 aromatic heterocycles. The molecule has 0 amide bonds. The van der Waals surface area contributed by atoms with Crippen LogP contribution >= 0.6 is 15.9 Å². The predicted molar refractivity (Wildman–Crippen MR) is 94.8 cm³/mol. The molecule has 6 heteroatoms. The van der Waals surface area contributed by atoms with Crippen molar-refractivity contribution in [3.63, 3.8) is 0 Å². The molecular weight excluding hydrogens is 342 g/mol. The van der Waals surface area contributed by atoms with Gasteiger partial charge in [0.05, 0.1) is 11.7 Å². The summed E-state index contributed by atoms with van der Waals surface area (Å²) in [6.45, 7) is 10.2. The molecule has 1 N–H and O–H groups in total. The van der Waals surface area contributed by atoms with Gasteiger partial charge < -0.3 is 10.2 Å². The molecule has 0 spiro atoms. The zero-order chi connectivity index (χ0) is 15.7. The number of guanidine groups is 1. The second-order valence-electron chi connectivity index (χ2n) is 5.70. The maximum atomic E-state index is 4.97. The molecule has 22 heavy (non-hydrogen) atoms. The van der Waals surface area contributed by atoms with Gasteiger partial charge in [-0.1, -0.05) is 15.9 Å². The number of fused-ring (bicyclic) bond motifs is 1. The van der Waals surface area contributed by atoms with Crippen LogP contribution in [0.3, 0.4) is 0 Å². The molecule has 0 saturated carbocycles. The molecule has 2 aliphatic heterocycles. The molecule has 1 saturated heterocycles. The normalized spacial score (nSPS) is 22.0. The number of aliphatic imine (C=N–C) groups is 1. The van der Waals surface area contributed by atoms with Crippen molar-refractivity contribution in [2.45, 2.75) is 26.8 Å². The summed E-state index contributed by atoms with van der Waals surface area (Å²) in [5.74, 6) is 0.963. The lowest BCUT2D eigenvalue weighted by Crippen LogP contribution is -2.52. The van der Waals surface area contributed by atoms with E-state index in [1.54, 1.807) is 0 Å². The molecule has 1 atom stereocenters. The molecule has 2 aliphatic rings. The lowest BCUT2D eigenvalue weighted by atomic mass is 10.0. The fraction of sp³-hybridized carbons (Fsp3) is 0.500. The summed E-state index contributed by atoms with van der Waals surface area (Å²) < 4.78 is 1.09. The van der Waals surface area contributed by atoms with Gasteiger partial charge in [-0.25, -0.2) is 10.0 Å². The Kier molecular flexibility index (Phi) is 4.49. The summed E-state index contributed by atoms with van der Waals surface area (Å²) in [6, 6.07) is 4.46. The highest BCUT2D eigenvalue weighted by Gasteiger charge is 2.31. The van der Waals surface area contributed by atoms with Gasteiger partial charge in [0.1, 0.15) is 0 Å². The Balaban J connectivity index is 2.09. The van der Waals surface area contributed by atoms with E-state index in [1.807, 2.05) is 18.1 Å². The summed E-state index contributed by atoms with van der Waals surface area (Å²) in [5, 5.41) is 10.0. The predicted octanol–water partition coefficient (Wildman–Crippen LogP) is 3.03. The molecule has 0 bridgehead atoms. The maximum absolute atomic E-state index is 4.97. The topological polar surface area (TPSA) is 43.2 Å². The third-order valence-corrected chi connectivity index (χ3v) is 4.63. The number of aryl methyl sites for hydroxylation is 1. The van der Waals surface area contributed by atoms with Crippen LogP contribution in [-0.2, 0) is 0 Å². The quantitative estimate of drug-likeness (QED) is 0.779. The number of hydrogen-bond donors (Lipinski definition) is 1. The van der Waals surface area contributed by atoms with E-state index >= 15 is 0 Å². The summed E-state index contributed by atoms with van der Waals surface area (Å²) in [4.78, 5) is 7.29. The van der Waals surface area contributed by atoms with E-state index in [9.17, 15) is 0 Å². The standard InChI is InChI=1S/C16H22BrN5/c1-4-19-22-12(3)14-10-13(17)9-11(2)15(14)20-16(22)21-7-5-18-6-8-21/h4,9-10,12,18H,5-8H2,1-3H3/b19-4-. The number of benzene rings is 1. The van der Waals surface area contributed by atoms with Gasteiger partial charge in [0.25, 0.3) is 0 Å².